The first-order chi connectivity index (χ1) is 12.4. The summed E-state index contributed by atoms with van der Waals surface area (Å²) in [7, 11) is 0. The molecular weight excluding hydrogens is 332 g/mol. The van der Waals surface area contributed by atoms with Crippen molar-refractivity contribution < 1.29 is 14.5 Å². The van der Waals surface area contributed by atoms with Crippen molar-refractivity contribution in [3.63, 3.8) is 0 Å². The summed E-state index contributed by atoms with van der Waals surface area (Å²) >= 11 is 0. The van der Waals surface area contributed by atoms with E-state index in [1.807, 2.05) is 38.1 Å². The number of carbonyl (C=O) groups is 1. The van der Waals surface area contributed by atoms with Gasteiger partial charge in [-0.05, 0) is 48.6 Å². The zero-order valence-corrected chi connectivity index (χ0v) is 15.0. The van der Waals surface area contributed by atoms with E-state index in [0.717, 1.165) is 22.3 Å². The van der Waals surface area contributed by atoms with Gasteiger partial charge in [0, 0.05) is 12.1 Å². The van der Waals surface area contributed by atoms with E-state index in [2.05, 4.69) is 0 Å². The van der Waals surface area contributed by atoms with Crippen LogP contribution in [0.4, 0.5) is 10.5 Å². The smallest absolute Gasteiger partial charge is 0.411 e. The summed E-state index contributed by atoms with van der Waals surface area (Å²) in [6.07, 6.45) is 0.260. The van der Waals surface area contributed by atoms with Crippen LogP contribution in [0.1, 0.15) is 49.4 Å². The number of nitrogens with zero attached hydrogens (tertiary/aromatic N) is 2. The molecule has 0 aromatic heterocycles. The monoisotopic (exact) mass is 352 g/mol. The van der Waals surface area contributed by atoms with Crippen LogP contribution in [0.5, 0.6) is 0 Å². The summed E-state index contributed by atoms with van der Waals surface area (Å²) in [5.74, 6) is 0. The third kappa shape index (κ3) is 1.69. The Morgan fingerprint density at radius 1 is 1.12 bits per heavy atom. The van der Waals surface area contributed by atoms with Gasteiger partial charge in [0.05, 0.1) is 22.6 Å². The van der Waals surface area contributed by atoms with Crippen LogP contribution in [0, 0.1) is 10.1 Å². The number of hydrogen-bond acceptors (Lipinski definition) is 4. The van der Waals surface area contributed by atoms with Gasteiger partial charge in [0.2, 0.25) is 0 Å². The van der Waals surface area contributed by atoms with E-state index < -0.39 is 22.1 Å². The SMILES string of the molecule is CCOC(=O)N1C2(C)c3ccccc3C1(CC)c1ccc([N+](=O)[O-])cc12. The van der Waals surface area contributed by atoms with Gasteiger partial charge >= 0.3 is 6.09 Å². The Bertz CT molecular complexity index is 941. The molecule has 0 saturated carbocycles. The minimum atomic E-state index is -0.791. The molecule has 2 bridgehead atoms. The molecule has 0 saturated heterocycles. The van der Waals surface area contributed by atoms with E-state index in [1.165, 1.54) is 6.07 Å². The van der Waals surface area contributed by atoms with E-state index in [0.29, 0.717) is 6.42 Å². The summed E-state index contributed by atoms with van der Waals surface area (Å²) in [6, 6.07) is 12.9. The first-order valence-electron chi connectivity index (χ1n) is 8.79. The standard InChI is InChI=1S/C20H20N2O4/c1-4-20-15-9-7-6-8-14(15)19(3,21(20)18(23)26-5-2)17-12-13(22(24)25)10-11-16(17)20/h6-12H,4-5H2,1-3H3. The second kappa shape index (κ2) is 5.30. The van der Waals surface area contributed by atoms with E-state index in [4.69, 9.17) is 4.74 Å². The third-order valence-electron chi connectivity index (χ3n) is 5.87. The molecule has 2 aliphatic heterocycles. The number of amides is 1. The average Bonchev–Trinajstić information content (AvgIpc) is 3.02. The van der Waals surface area contributed by atoms with Gasteiger partial charge in [-0.25, -0.2) is 4.79 Å². The molecule has 6 heteroatoms. The Hall–Kier alpha value is -2.89. The minimum absolute atomic E-state index is 0.0325. The van der Waals surface area contributed by atoms with Crippen molar-refractivity contribution in [2.75, 3.05) is 6.61 Å². The van der Waals surface area contributed by atoms with Gasteiger partial charge in [-0.3, -0.25) is 15.0 Å². The number of ether oxygens (including phenoxy) is 1. The van der Waals surface area contributed by atoms with Crippen molar-refractivity contribution in [3.05, 3.63) is 74.8 Å². The van der Waals surface area contributed by atoms with Gasteiger partial charge in [-0.15, -0.1) is 0 Å². The van der Waals surface area contributed by atoms with Crippen molar-refractivity contribution in [3.8, 4) is 0 Å². The van der Waals surface area contributed by atoms with Gasteiger partial charge in [0.15, 0.2) is 0 Å². The molecule has 0 spiro atoms. The molecule has 2 aromatic rings. The third-order valence-corrected chi connectivity index (χ3v) is 5.87. The van der Waals surface area contributed by atoms with E-state index in [9.17, 15) is 14.9 Å². The first kappa shape index (κ1) is 16.6. The van der Waals surface area contributed by atoms with Crippen molar-refractivity contribution >= 4 is 11.8 Å². The van der Waals surface area contributed by atoms with Gasteiger partial charge in [0.25, 0.3) is 5.69 Å². The summed E-state index contributed by atoms with van der Waals surface area (Å²) in [5.41, 5.74) is 2.40. The summed E-state index contributed by atoms with van der Waals surface area (Å²) < 4.78 is 5.39. The second-order valence-electron chi connectivity index (χ2n) is 6.85. The maximum atomic E-state index is 13.0. The average molecular weight is 352 g/mol. The number of nitro groups is 1. The Kier molecular flexibility index (Phi) is 3.38. The lowest BCUT2D eigenvalue weighted by atomic mass is 9.72. The molecular formula is C20H20N2O4. The molecule has 4 rings (SSSR count). The number of benzene rings is 2. The molecule has 2 heterocycles. The lowest BCUT2D eigenvalue weighted by Gasteiger charge is -2.37. The van der Waals surface area contributed by atoms with Crippen LogP contribution in [0.3, 0.4) is 0 Å². The normalized spacial score (nSPS) is 25.0. The van der Waals surface area contributed by atoms with Crippen LogP contribution >= 0.6 is 0 Å². The van der Waals surface area contributed by atoms with Crippen molar-refractivity contribution in [2.45, 2.75) is 38.3 Å². The molecule has 2 aliphatic rings. The van der Waals surface area contributed by atoms with Gasteiger partial charge in [-0.1, -0.05) is 31.2 Å². The lowest BCUT2D eigenvalue weighted by molar-refractivity contribution is -0.385. The highest BCUT2D eigenvalue weighted by Crippen LogP contribution is 2.64. The number of carbonyl (C=O) groups excluding carboxylic acids is 1. The largest absolute Gasteiger partial charge is 0.450 e. The van der Waals surface area contributed by atoms with Crippen LogP contribution in [0.25, 0.3) is 0 Å². The zero-order valence-electron chi connectivity index (χ0n) is 15.0. The molecule has 2 aromatic carbocycles. The van der Waals surface area contributed by atoms with Crippen LogP contribution < -0.4 is 0 Å². The van der Waals surface area contributed by atoms with Crippen molar-refractivity contribution in [2.24, 2.45) is 0 Å². The molecule has 0 fully saturated rings. The Morgan fingerprint density at radius 3 is 2.38 bits per heavy atom. The summed E-state index contributed by atoms with van der Waals surface area (Å²) in [6.45, 7) is 6.04. The first-order valence-corrected chi connectivity index (χ1v) is 8.79. The molecule has 134 valence electrons. The Balaban J connectivity index is 2.07. The summed E-state index contributed by atoms with van der Waals surface area (Å²) in [5, 5.41) is 11.3. The molecule has 2 atom stereocenters. The van der Waals surface area contributed by atoms with Crippen molar-refractivity contribution in [1.82, 2.24) is 4.90 Å². The fourth-order valence-corrected chi connectivity index (χ4v) is 4.90. The zero-order chi connectivity index (χ0) is 18.7. The highest BCUT2D eigenvalue weighted by Gasteiger charge is 2.66. The topological polar surface area (TPSA) is 72.7 Å². The fraction of sp³-hybridized carbons (Fsp3) is 0.350. The van der Waals surface area contributed by atoms with E-state index in [-0.39, 0.29) is 12.3 Å². The number of fused-ring (bicyclic) bond motifs is 8. The highest BCUT2D eigenvalue weighted by molar-refractivity contribution is 5.80. The highest BCUT2D eigenvalue weighted by atomic mass is 16.6. The molecule has 6 nitrogen and oxygen atoms in total. The predicted octanol–water partition coefficient (Wildman–Crippen LogP) is 4.30. The van der Waals surface area contributed by atoms with Crippen LogP contribution in [-0.2, 0) is 15.8 Å². The second-order valence-corrected chi connectivity index (χ2v) is 6.85. The molecule has 1 amide bonds. The lowest BCUT2D eigenvalue weighted by Crippen LogP contribution is -2.48. The van der Waals surface area contributed by atoms with Crippen molar-refractivity contribution in [1.29, 1.82) is 0 Å². The maximum absolute atomic E-state index is 13.0. The number of rotatable bonds is 3. The Morgan fingerprint density at radius 2 is 1.77 bits per heavy atom. The number of non-ortho nitro benzene ring substituents is 1. The van der Waals surface area contributed by atoms with Crippen LogP contribution in [0.2, 0.25) is 0 Å². The number of hydrogen-bond donors (Lipinski definition) is 0. The van der Waals surface area contributed by atoms with Crippen LogP contribution in [0.15, 0.2) is 42.5 Å². The molecule has 0 N–H and O–H groups in total. The summed E-state index contributed by atoms with van der Waals surface area (Å²) in [4.78, 5) is 25.7. The fourth-order valence-electron chi connectivity index (χ4n) is 4.90. The molecule has 0 aliphatic carbocycles. The van der Waals surface area contributed by atoms with E-state index >= 15 is 0 Å². The van der Waals surface area contributed by atoms with Crippen LogP contribution in [-0.4, -0.2) is 22.5 Å². The Labute approximate surface area is 151 Å². The number of nitro benzene ring substituents is 1. The maximum Gasteiger partial charge on any atom is 0.411 e. The van der Waals surface area contributed by atoms with Gasteiger partial charge in [0.1, 0.15) is 0 Å². The molecule has 0 radical (unpaired) electrons. The molecule has 2 unspecified atom stereocenters. The van der Waals surface area contributed by atoms with Gasteiger partial charge in [-0.2, -0.15) is 0 Å². The van der Waals surface area contributed by atoms with E-state index in [1.54, 1.807) is 24.0 Å². The predicted molar refractivity (Wildman–Crippen MR) is 95.9 cm³/mol. The molecule has 26 heavy (non-hydrogen) atoms. The van der Waals surface area contributed by atoms with Gasteiger partial charge < -0.3 is 4.74 Å². The quantitative estimate of drug-likeness (QED) is 0.610. The minimum Gasteiger partial charge on any atom is -0.450 e.